The summed E-state index contributed by atoms with van der Waals surface area (Å²) in [4.78, 5) is 17.1. The first-order valence-corrected chi connectivity index (χ1v) is 8.42. The molecule has 0 unspecified atom stereocenters. The average Bonchev–Trinajstić information content (AvgIpc) is 2.96. The number of fused-ring (bicyclic) bond motifs is 1. The molecule has 0 radical (unpaired) electrons. The van der Waals surface area contributed by atoms with Gasteiger partial charge in [0, 0.05) is 16.8 Å². The highest BCUT2D eigenvalue weighted by molar-refractivity contribution is 7.71. The zero-order valence-corrected chi connectivity index (χ0v) is 15.2. The van der Waals surface area contributed by atoms with Crippen molar-refractivity contribution >= 4 is 18.3 Å². The van der Waals surface area contributed by atoms with Crippen molar-refractivity contribution in [3.63, 3.8) is 0 Å². The molecule has 0 bridgehead atoms. The van der Waals surface area contributed by atoms with Gasteiger partial charge in [0.05, 0.1) is 18.7 Å². The molecule has 2 heterocycles. The van der Waals surface area contributed by atoms with Crippen LogP contribution in [0.2, 0.25) is 0 Å². The number of hydrogen-bond donors (Lipinski definition) is 1. The van der Waals surface area contributed by atoms with Crippen molar-refractivity contribution in [2.24, 2.45) is 0 Å². The third-order valence-corrected chi connectivity index (χ3v) is 4.24. The Morgan fingerprint density at radius 1 is 1.28 bits per heavy atom. The van der Waals surface area contributed by atoms with E-state index < -0.39 is 5.60 Å². The summed E-state index contributed by atoms with van der Waals surface area (Å²) in [6.45, 7) is 6.29. The number of carbonyl (C=O) groups excluding carboxylic acids is 1. The SMILES string of the molecule is CC(C)(C)OC(=O)N1Cc2[nH]c(=S)c(C#N)c(-c3ccccc3)c2C1. The minimum Gasteiger partial charge on any atom is -0.444 e. The number of rotatable bonds is 1. The maximum absolute atomic E-state index is 12.4. The molecule has 0 saturated heterocycles. The van der Waals surface area contributed by atoms with Gasteiger partial charge in [-0.3, -0.25) is 4.90 Å². The van der Waals surface area contributed by atoms with E-state index >= 15 is 0 Å². The Morgan fingerprint density at radius 2 is 1.96 bits per heavy atom. The molecule has 1 aromatic heterocycles. The van der Waals surface area contributed by atoms with Gasteiger partial charge in [0.25, 0.3) is 0 Å². The van der Waals surface area contributed by atoms with Crippen molar-refractivity contribution in [1.29, 1.82) is 5.26 Å². The maximum atomic E-state index is 12.4. The van der Waals surface area contributed by atoms with Gasteiger partial charge in [0.2, 0.25) is 0 Å². The second-order valence-corrected chi connectivity index (χ2v) is 7.38. The Bertz CT molecular complexity index is 921. The number of H-pyrrole nitrogens is 1. The van der Waals surface area contributed by atoms with E-state index in [9.17, 15) is 10.1 Å². The monoisotopic (exact) mass is 353 g/mol. The third kappa shape index (κ3) is 3.42. The fourth-order valence-electron chi connectivity index (χ4n) is 2.92. The highest BCUT2D eigenvalue weighted by atomic mass is 32.1. The highest BCUT2D eigenvalue weighted by Crippen LogP contribution is 2.35. The van der Waals surface area contributed by atoms with E-state index in [-0.39, 0.29) is 6.09 Å². The van der Waals surface area contributed by atoms with Crippen LogP contribution in [-0.4, -0.2) is 21.6 Å². The second kappa shape index (κ2) is 6.34. The molecule has 0 fully saturated rings. The van der Waals surface area contributed by atoms with Gasteiger partial charge in [-0.1, -0.05) is 42.5 Å². The molecule has 5 nitrogen and oxygen atoms in total. The van der Waals surface area contributed by atoms with Crippen molar-refractivity contribution in [3.05, 3.63) is 51.8 Å². The van der Waals surface area contributed by atoms with E-state index in [0.29, 0.717) is 23.3 Å². The van der Waals surface area contributed by atoms with Crippen LogP contribution >= 0.6 is 12.2 Å². The van der Waals surface area contributed by atoms with Crippen molar-refractivity contribution in [1.82, 2.24) is 9.88 Å². The summed E-state index contributed by atoms with van der Waals surface area (Å²) < 4.78 is 5.86. The lowest BCUT2D eigenvalue weighted by atomic mass is 9.96. The molecular formula is C19H19N3O2S. The maximum Gasteiger partial charge on any atom is 0.410 e. The molecule has 0 atom stereocenters. The Kier molecular flexibility index (Phi) is 4.36. The number of aromatic nitrogens is 1. The molecule has 0 saturated carbocycles. The summed E-state index contributed by atoms with van der Waals surface area (Å²) in [6, 6.07) is 11.9. The van der Waals surface area contributed by atoms with Gasteiger partial charge >= 0.3 is 6.09 Å². The van der Waals surface area contributed by atoms with Crippen LogP contribution < -0.4 is 0 Å². The number of nitrogens with zero attached hydrogens (tertiary/aromatic N) is 2. The molecule has 25 heavy (non-hydrogen) atoms. The van der Waals surface area contributed by atoms with Gasteiger partial charge in [-0.25, -0.2) is 4.79 Å². The molecule has 0 aliphatic carbocycles. The van der Waals surface area contributed by atoms with Crippen molar-refractivity contribution in [2.75, 3.05) is 0 Å². The minimum atomic E-state index is -0.557. The fraction of sp³-hybridized carbons (Fsp3) is 0.316. The molecule has 0 spiro atoms. The molecule has 128 valence electrons. The number of ether oxygens (including phenoxy) is 1. The summed E-state index contributed by atoms with van der Waals surface area (Å²) in [7, 11) is 0. The Labute approximate surface area is 151 Å². The van der Waals surface area contributed by atoms with Crippen molar-refractivity contribution in [2.45, 2.75) is 39.5 Å². The van der Waals surface area contributed by atoms with Crippen LogP contribution in [0.25, 0.3) is 11.1 Å². The predicted molar refractivity (Wildman–Crippen MR) is 97.3 cm³/mol. The molecule has 1 aliphatic rings. The number of nitriles is 1. The van der Waals surface area contributed by atoms with Crippen LogP contribution in [0, 0.1) is 16.0 Å². The van der Waals surface area contributed by atoms with E-state index in [4.69, 9.17) is 17.0 Å². The average molecular weight is 353 g/mol. The summed E-state index contributed by atoms with van der Waals surface area (Å²) in [5.74, 6) is 0. The largest absolute Gasteiger partial charge is 0.444 e. The molecule has 1 aliphatic heterocycles. The van der Waals surface area contributed by atoms with E-state index in [0.717, 1.165) is 22.4 Å². The fourth-order valence-corrected chi connectivity index (χ4v) is 3.19. The van der Waals surface area contributed by atoms with E-state index in [1.165, 1.54) is 0 Å². The first-order chi connectivity index (χ1) is 11.8. The topological polar surface area (TPSA) is 69.1 Å². The summed E-state index contributed by atoms with van der Waals surface area (Å²) in [6.07, 6.45) is -0.375. The van der Waals surface area contributed by atoms with E-state index in [1.54, 1.807) is 4.90 Å². The predicted octanol–water partition coefficient (Wildman–Crippen LogP) is 4.53. The van der Waals surface area contributed by atoms with Crippen molar-refractivity contribution in [3.8, 4) is 17.2 Å². The summed E-state index contributed by atoms with van der Waals surface area (Å²) in [5.41, 5.74) is 3.37. The first-order valence-electron chi connectivity index (χ1n) is 8.01. The van der Waals surface area contributed by atoms with Crippen LogP contribution in [0.1, 0.15) is 37.6 Å². The van der Waals surface area contributed by atoms with E-state index in [1.807, 2.05) is 51.1 Å². The summed E-state index contributed by atoms with van der Waals surface area (Å²) in [5, 5.41) is 9.58. The lowest BCUT2D eigenvalue weighted by Gasteiger charge is -2.24. The molecule has 1 aromatic carbocycles. The number of pyridine rings is 1. The number of benzene rings is 1. The number of nitrogens with one attached hydrogen (secondary N) is 1. The van der Waals surface area contributed by atoms with Crippen LogP contribution in [-0.2, 0) is 17.8 Å². The zero-order chi connectivity index (χ0) is 18.2. The molecule has 2 aromatic rings. The third-order valence-electron chi connectivity index (χ3n) is 3.93. The van der Waals surface area contributed by atoms with Crippen LogP contribution in [0.5, 0.6) is 0 Å². The summed E-state index contributed by atoms with van der Waals surface area (Å²) >= 11 is 5.36. The molecule has 3 rings (SSSR count). The number of hydrogen-bond acceptors (Lipinski definition) is 4. The van der Waals surface area contributed by atoms with Crippen LogP contribution in [0.4, 0.5) is 4.79 Å². The number of carbonyl (C=O) groups is 1. The number of aromatic amines is 1. The Hall–Kier alpha value is -2.65. The Balaban J connectivity index is 2.06. The van der Waals surface area contributed by atoms with Crippen molar-refractivity contribution < 1.29 is 9.53 Å². The standard InChI is InChI=1S/C19H19N3O2S/c1-19(2,3)24-18(23)22-10-14-15(11-22)21-17(25)13(9-20)16(14)12-7-5-4-6-8-12/h4-8H,10-11H2,1-3H3,(H,21,25). The van der Waals surface area contributed by atoms with Gasteiger partial charge in [0.15, 0.2) is 0 Å². The molecule has 1 amide bonds. The van der Waals surface area contributed by atoms with Gasteiger partial charge in [-0.2, -0.15) is 5.26 Å². The lowest BCUT2D eigenvalue weighted by Crippen LogP contribution is -2.33. The smallest absolute Gasteiger partial charge is 0.410 e. The number of amides is 1. The van der Waals surface area contributed by atoms with Gasteiger partial charge in [0.1, 0.15) is 16.3 Å². The quantitative estimate of drug-likeness (QED) is 0.765. The Morgan fingerprint density at radius 3 is 2.56 bits per heavy atom. The first kappa shape index (κ1) is 17.2. The second-order valence-electron chi connectivity index (χ2n) is 6.98. The van der Waals surface area contributed by atoms with Crippen LogP contribution in [0.15, 0.2) is 30.3 Å². The van der Waals surface area contributed by atoms with E-state index in [2.05, 4.69) is 11.1 Å². The lowest BCUT2D eigenvalue weighted by molar-refractivity contribution is 0.0241. The normalized spacial score (nSPS) is 13.3. The van der Waals surface area contributed by atoms with Gasteiger partial charge < -0.3 is 9.72 Å². The highest BCUT2D eigenvalue weighted by Gasteiger charge is 2.31. The van der Waals surface area contributed by atoms with Gasteiger partial charge in [-0.05, 0) is 26.3 Å². The molecule has 1 N–H and O–H groups in total. The zero-order valence-electron chi connectivity index (χ0n) is 14.4. The molecular weight excluding hydrogens is 334 g/mol. The van der Waals surface area contributed by atoms with Gasteiger partial charge in [-0.15, -0.1) is 0 Å². The molecule has 6 heteroatoms. The minimum absolute atomic E-state index is 0.375. The van der Waals surface area contributed by atoms with Crippen LogP contribution in [0.3, 0.4) is 0 Å².